The van der Waals surface area contributed by atoms with Crippen LogP contribution in [0.4, 0.5) is 0 Å². The van der Waals surface area contributed by atoms with E-state index in [1.165, 1.54) is 24.0 Å². The van der Waals surface area contributed by atoms with E-state index in [1.54, 1.807) is 0 Å². The number of rotatable bonds is 5. The van der Waals surface area contributed by atoms with Crippen LogP contribution in [-0.2, 0) is 11.2 Å². The van der Waals surface area contributed by atoms with Crippen LogP contribution in [0.15, 0.2) is 24.3 Å². The van der Waals surface area contributed by atoms with Crippen LogP contribution in [0, 0.1) is 0 Å². The van der Waals surface area contributed by atoms with Crippen molar-refractivity contribution in [3.63, 3.8) is 0 Å². The van der Waals surface area contributed by atoms with Gasteiger partial charge in [0.05, 0.1) is 18.8 Å². The molecule has 2 atom stereocenters. The molecule has 3 N–H and O–H groups in total. The van der Waals surface area contributed by atoms with Crippen LogP contribution in [0.25, 0.3) is 0 Å². The molecule has 0 fully saturated rings. The van der Waals surface area contributed by atoms with Crippen LogP contribution in [0.5, 0.6) is 0 Å². The monoisotopic (exact) mass is 234 g/mol. The van der Waals surface area contributed by atoms with Gasteiger partial charge in [-0.2, -0.15) is 0 Å². The van der Waals surface area contributed by atoms with Crippen LogP contribution in [-0.4, -0.2) is 12.6 Å². The summed E-state index contributed by atoms with van der Waals surface area (Å²) in [7, 11) is 0. The summed E-state index contributed by atoms with van der Waals surface area (Å²) in [5.41, 5.74) is 5.63. The Labute approximate surface area is 103 Å². The van der Waals surface area contributed by atoms with Gasteiger partial charge >= 0.3 is 0 Å². The molecule has 0 aromatic heterocycles. The summed E-state index contributed by atoms with van der Waals surface area (Å²) in [4.78, 5) is 0. The molecule has 0 bridgehead atoms. The highest BCUT2D eigenvalue weighted by molar-refractivity contribution is 5.31. The molecule has 2 unspecified atom stereocenters. The molecule has 94 valence electrons. The van der Waals surface area contributed by atoms with Gasteiger partial charge in [-0.3, -0.25) is 11.3 Å². The lowest BCUT2D eigenvalue weighted by molar-refractivity contribution is 0.0127. The zero-order chi connectivity index (χ0) is 12.1. The van der Waals surface area contributed by atoms with E-state index in [0.717, 1.165) is 19.4 Å². The molecular formula is C14H22N2O. The van der Waals surface area contributed by atoms with Crippen LogP contribution < -0.4 is 11.3 Å². The number of ether oxygens (including phenoxy) is 1. The minimum Gasteiger partial charge on any atom is -0.371 e. The van der Waals surface area contributed by atoms with Gasteiger partial charge in [0.25, 0.3) is 0 Å². The molecule has 0 saturated heterocycles. The highest BCUT2D eigenvalue weighted by atomic mass is 16.5. The van der Waals surface area contributed by atoms with Gasteiger partial charge in [-0.15, -0.1) is 0 Å². The lowest BCUT2D eigenvalue weighted by Crippen LogP contribution is -2.42. The third-order valence-corrected chi connectivity index (χ3v) is 3.48. The minimum absolute atomic E-state index is 0.108. The maximum atomic E-state index is 5.91. The van der Waals surface area contributed by atoms with E-state index in [0.29, 0.717) is 0 Å². The average molecular weight is 234 g/mol. The van der Waals surface area contributed by atoms with Gasteiger partial charge in [0, 0.05) is 0 Å². The second-order valence-electron chi connectivity index (χ2n) is 4.66. The van der Waals surface area contributed by atoms with Gasteiger partial charge in [-0.05, 0) is 24.0 Å². The summed E-state index contributed by atoms with van der Waals surface area (Å²) in [6.07, 6.45) is 4.55. The summed E-state index contributed by atoms with van der Waals surface area (Å²) in [6, 6.07) is 8.75. The number of unbranched alkanes of at least 4 members (excludes halogenated alkanes) is 1. The maximum Gasteiger partial charge on any atom is 0.0994 e. The molecule has 3 heteroatoms. The Bertz CT molecular complexity index is 354. The molecule has 0 spiro atoms. The van der Waals surface area contributed by atoms with E-state index < -0.39 is 0 Å². The molecule has 17 heavy (non-hydrogen) atoms. The van der Waals surface area contributed by atoms with Gasteiger partial charge in [0.1, 0.15) is 0 Å². The lowest BCUT2D eigenvalue weighted by Gasteiger charge is -2.32. The van der Waals surface area contributed by atoms with Crippen molar-refractivity contribution < 1.29 is 4.74 Å². The first-order valence-corrected chi connectivity index (χ1v) is 6.52. The zero-order valence-corrected chi connectivity index (χ0v) is 10.5. The Hall–Kier alpha value is -0.900. The maximum absolute atomic E-state index is 5.91. The van der Waals surface area contributed by atoms with E-state index in [2.05, 4.69) is 36.6 Å². The Balaban J connectivity index is 2.15. The van der Waals surface area contributed by atoms with Crippen LogP contribution in [0.1, 0.15) is 43.4 Å². The molecule has 0 amide bonds. The summed E-state index contributed by atoms with van der Waals surface area (Å²) in [5, 5.41) is 0. The van der Waals surface area contributed by atoms with Crippen molar-refractivity contribution in [2.75, 3.05) is 6.61 Å². The lowest BCUT2D eigenvalue weighted by atomic mass is 9.91. The van der Waals surface area contributed by atoms with Gasteiger partial charge in [0.2, 0.25) is 0 Å². The molecule has 3 nitrogen and oxygen atoms in total. The van der Waals surface area contributed by atoms with Crippen LogP contribution in [0.2, 0.25) is 0 Å². The first-order valence-electron chi connectivity index (χ1n) is 6.52. The topological polar surface area (TPSA) is 47.3 Å². The number of hydrazine groups is 1. The molecule has 0 saturated carbocycles. The number of hydrogen-bond acceptors (Lipinski definition) is 3. The van der Waals surface area contributed by atoms with Crippen LogP contribution in [0.3, 0.4) is 0 Å². The summed E-state index contributed by atoms with van der Waals surface area (Å²) in [5.74, 6) is 5.67. The van der Waals surface area contributed by atoms with Crippen molar-refractivity contribution in [2.24, 2.45) is 5.84 Å². The van der Waals surface area contributed by atoms with Crippen LogP contribution >= 0.6 is 0 Å². The second kappa shape index (κ2) is 6.15. The fraction of sp³-hybridized carbons (Fsp3) is 0.571. The number of nitrogens with one attached hydrogen (secondary N) is 1. The van der Waals surface area contributed by atoms with Gasteiger partial charge in [-0.25, -0.2) is 0 Å². The Morgan fingerprint density at radius 3 is 3.06 bits per heavy atom. The minimum atomic E-state index is 0.108. The van der Waals surface area contributed by atoms with Crippen molar-refractivity contribution in [3.05, 3.63) is 35.4 Å². The summed E-state index contributed by atoms with van der Waals surface area (Å²) in [6.45, 7) is 3.00. The quantitative estimate of drug-likeness (QED) is 0.607. The van der Waals surface area contributed by atoms with Crippen molar-refractivity contribution in [1.29, 1.82) is 0 Å². The van der Waals surface area contributed by atoms with E-state index in [1.807, 2.05) is 0 Å². The molecule has 0 aliphatic carbocycles. The molecule has 2 rings (SSSR count). The molecule has 1 heterocycles. The largest absolute Gasteiger partial charge is 0.371 e. The highest BCUT2D eigenvalue weighted by Gasteiger charge is 2.27. The third kappa shape index (κ3) is 2.86. The third-order valence-electron chi connectivity index (χ3n) is 3.48. The van der Waals surface area contributed by atoms with Gasteiger partial charge in [-0.1, -0.05) is 44.0 Å². The first kappa shape index (κ1) is 12.6. The molecule has 1 aliphatic rings. The van der Waals surface area contributed by atoms with E-state index in [9.17, 15) is 0 Å². The van der Waals surface area contributed by atoms with Gasteiger partial charge < -0.3 is 4.74 Å². The van der Waals surface area contributed by atoms with Gasteiger partial charge in [0.15, 0.2) is 0 Å². The second-order valence-corrected chi connectivity index (χ2v) is 4.66. The molecule has 1 aliphatic heterocycles. The summed E-state index contributed by atoms with van der Waals surface area (Å²) < 4.78 is 5.91. The SMILES string of the molecule is CCCCC(NN)C1OCCc2ccccc21. The standard InChI is InChI=1S/C14H22N2O/c1-2-3-8-13(16-15)14-12-7-5-4-6-11(12)9-10-17-14/h4-7,13-14,16H,2-3,8-10,15H2,1H3. The predicted octanol–water partition coefficient (Wildman–Crippen LogP) is 2.32. The summed E-state index contributed by atoms with van der Waals surface area (Å²) >= 11 is 0. The van der Waals surface area contributed by atoms with E-state index >= 15 is 0 Å². The zero-order valence-electron chi connectivity index (χ0n) is 10.5. The fourth-order valence-corrected chi connectivity index (χ4v) is 2.50. The smallest absolute Gasteiger partial charge is 0.0994 e. The fourth-order valence-electron chi connectivity index (χ4n) is 2.50. The Kier molecular flexibility index (Phi) is 4.54. The Morgan fingerprint density at radius 2 is 2.29 bits per heavy atom. The number of nitrogens with two attached hydrogens (primary N) is 1. The van der Waals surface area contributed by atoms with E-state index in [-0.39, 0.29) is 12.1 Å². The Morgan fingerprint density at radius 1 is 1.47 bits per heavy atom. The highest BCUT2D eigenvalue weighted by Crippen LogP contribution is 2.31. The molecule has 0 radical (unpaired) electrons. The van der Waals surface area contributed by atoms with Crippen molar-refractivity contribution in [3.8, 4) is 0 Å². The number of hydrogen-bond donors (Lipinski definition) is 2. The normalized spacial score (nSPS) is 20.9. The van der Waals surface area contributed by atoms with Crippen molar-refractivity contribution >= 4 is 0 Å². The van der Waals surface area contributed by atoms with Crippen molar-refractivity contribution in [2.45, 2.75) is 44.8 Å². The first-order chi connectivity index (χ1) is 8.36. The molecule has 1 aromatic carbocycles. The predicted molar refractivity (Wildman–Crippen MR) is 69.5 cm³/mol. The number of fused-ring (bicyclic) bond motifs is 1. The average Bonchev–Trinajstić information content (AvgIpc) is 2.40. The number of benzene rings is 1. The van der Waals surface area contributed by atoms with Crippen molar-refractivity contribution in [1.82, 2.24) is 5.43 Å². The molecule has 1 aromatic rings. The van der Waals surface area contributed by atoms with E-state index in [4.69, 9.17) is 10.6 Å². The molecular weight excluding hydrogens is 212 g/mol.